The van der Waals surface area contributed by atoms with Crippen LogP contribution in [0.5, 0.6) is 0 Å². The SMILES string of the molecule is O=C(O)CCc1nnc(CC2CCCCO2)o1. The third kappa shape index (κ3) is 3.81. The molecule has 0 bridgehead atoms. The number of aromatic nitrogens is 2. The first-order valence-electron chi connectivity index (χ1n) is 5.88. The molecule has 0 spiro atoms. The van der Waals surface area contributed by atoms with Crippen molar-refractivity contribution >= 4 is 5.97 Å². The molecular formula is C11H16N2O4. The fourth-order valence-corrected chi connectivity index (χ4v) is 1.85. The van der Waals surface area contributed by atoms with Gasteiger partial charge in [-0.25, -0.2) is 0 Å². The van der Waals surface area contributed by atoms with Gasteiger partial charge in [0.1, 0.15) is 0 Å². The molecule has 2 rings (SSSR count). The molecule has 1 fully saturated rings. The number of aliphatic carboxylic acids is 1. The summed E-state index contributed by atoms with van der Waals surface area (Å²) in [6.45, 7) is 0.796. The van der Waals surface area contributed by atoms with Crippen molar-refractivity contribution in [2.45, 2.75) is 44.6 Å². The van der Waals surface area contributed by atoms with Gasteiger partial charge in [-0.2, -0.15) is 0 Å². The molecule has 0 radical (unpaired) electrons. The molecule has 1 aromatic rings. The summed E-state index contributed by atoms with van der Waals surface area (Å²) in [6, 6.07) is 0. The quantitative estimate of drug-likeness (QED) is 0.832. The molecule has 0 saturated carbocycles. The minimum atomic E-state index is -0.861. The topological polar surface area (TPSA) is 85.5 Å². The van der Waals surface area contributed by atoms with Crippen LogP contribution in [0, 0.1) is 0 Å². The summed E-state index contributed by atoms with van der Waals surface area (Å²) in [5.74, 6) is 0.0656. The lowest BCUT2D eigenvalue weighted by molar-refractivity contribution is -0.137. The number of aryl methyl sites for hydroxylation is 1. The highest BCUT2D eigenvalue weighted by Gasteiger charge is 2.18. The predicted molar refractivity (Wildman–Crippen MR) is 57.5 cm³/mol. The Hall–Kier alpha value is -1.43. The number of nitrogens with zero attached hydrogens (tertiary/aromatic N) is 2. The van der Waals surface area contributed by atoms with Gasteiger partial charge in [0.2, 0.25) is 11.8 Å². The van der Waals surface area contributed by atoms with Gasteiger partial charge in [-0.1, -0.05) is 0 Å². The van der Waals surface area contributed by atoms with E-state index in [2.05, 4.69) is 10.2 Å². The first-order chi connectivity index (χ1) is 8.24. The number of rotatable bonds is 5. The second-order valence-corrected chi connectivity index (χ2v) is 4.18. The molecular weight excluding hydrogens is 224 g/mol. The Balaban J connectivity index is 1.82. The maximum atomic E-state index is 10.4. The lowest BCUT2D eigenvalue weighted by Gasteiger charge is -2.20. The Morgan fingerprint density at radius 3 is 2.88 bits per heavy atom. The smallest absolute Gasteiger partial charge is 0.303 e. The minimum absolute atomic E-state index is 0.0154. The largest absolute Gasteiger partial charge is 0.481 e. The molecule has 6 nitrogen and oxygen atoms in total. The van der Waals surface area contributed by atoms with Crippen LogP contribution in [0.15, 0.2) is 4.42 Å². The van der Waals surface area contributed by atoms with Crippen molar-refractivity contribution in [2.24, 2.45) is 0 Å². The van der Waals surface area contributed by atoms with Gasteiger partial charge in [0.05, 0.1) is 18.9 Å². The van der Waals surface area contributed by atoms with Gasteiger partial charge in [-0.3, -0.25) is 4.79 Å². The number of hydrogen-bond acceptors (Lipinski definition) is 5. The van der Waals surface area contributed by atoms with Crippen LogP contribution in [0.25, 0.3) is 0 Å². The summed E-state index contributed by atoms with van der Waals surface area (Å²) < 4.78 is 10.9. The first kappa shape index (κ1) is 12.0. The van der Waals surface area contributed by atoms with Gasteiger partial charge < -0.3 is 14.3 Å². The third-order valence-corrected chi connectivity index (χ3v) is 2.74. The molecule has 1 saturated heterocycles. The van der Waals surface area contributed by atoms with Gasteiger partial charge in [-0.15, -0.1) is 10.2 Å². The van der Waals surface area contributed by atoms with Crippen molar-refractivity contribution in [3.8, 4) is 0 Å². The molecule has 6 heteroatoms. The van der Waals surface area contributed by atoms with Crippen LogP contribution in [-0.4, -0.2) is 34.0 Å². The molecule has 1 unspecified atom stereocenters. The predicted octanol–water partition coefficient (Wildman–Crippen LogP) is 1.20. The molecule has 0 amide bonds. The molecule has 0 aliphatic carbocycles. The maximum Gasteiger partial charge on any atom is 0.303 e. The van der Waals surface area contributed by atoms with E-state index < -0.39 is 5.97 Å². The van der Waals surface area contributed by atoms with Crippen LogP contribution in [0.2, 0.25) is 0 Å². The van der Waals surface area contributed by atoms with E-state index in [1.165, 1.54) is 6.42 Å². The lowest BCUT2D eigenvalue weighted by atomic mass is 10.1. The Labute approximate surface area is 99.0 Å². The van der Waals surface area contributed by atoms with E-state index in [1.807, 2.05) is 0 Å². The highest BCUT2D eigenvalue weighted by molar-refractivity contribution is 5.66. The minimum Gasteiger partial charge on any atom is -0.481 e. The summed E-state index contributed by atoms with van der Waals surface area (Å²) in [5.41, 5.74) is 0. The average molecular weight is 240 g/mol. The number of ether oxygens (including phenoxy) is 1. The van der Waals surface area contributed by atoms with E-state index in [1.54, 1.807) is 0 Å². The van der Waals surface area contributed by atoms with Crippen molar-refractivity contribution < 1.29 is 19.1 Å². The average Bonchev–Trinajstić information content (AvgIpc) is 2.75. The summed E-state index contributed by atoms with van der Waals surface area (Å²) in [5, 5.41) is 16.2. The second kappa shape index (κ2) is 5.77. The van der Waals surface area contributed by atoms with Gasteiger partial charge in [0.15, 0.2) is 0 Å². The van der Waals surface area contributed by atoms with Crippen molar-refractivity contribution in [3.05, 3.63) is 11.8 Å². The van der Waals surface area contributed by atoms with Crippen molar-refractivity contribution in [2.75, 3.05) is 6.61 Å². The van der Waals surface area contributed by atoms with Gasteiger partial charge >= 0.3 is 5.97 Å². The summed E-state index contributed by atoms with van der Waals surface area (Å²) in [6.07, 6.45) is 4.40. The zero-order chi connectivity index (χ0) is 12.1. The van der Waals surface area contributed by atoms with Crippen molar-refractivity contribution in [3.63, 3.8) is 0 Å². The molecule has 94 valence electrons. The highest BCUT2D eigenvalue weighted by atomic mass is 16.5. The van der Waals surface area contributed by atoms with Gasteiger partial charge in [0.25, 0.3) is 0 Å². The second-order valence-electron chi connectivity index (χ2n) is 4.18. The van der Waals surface area contributed by atoms with Crippen LogP contribution < -0.4 is 0 Å². The van der Waals surface area contributed by atoms with Crippen LogP contribution in [0.4, 0.5) is 0 Å². The van der Waals surface area contributed by atoms with Gasteiger partial charge in [-0.05, 0) is 19.3 Å². The van der Waals surface area contributed by atoms with Crippen molar-refractivity contribution in [1.82, 2.24) is 10.2 Å². The first-order valence-corrected chi connectivity index (χ1v) is 5.88. The van der Waals surface area contributed by atoms with E-state index >= 15 is 0 Å². The maximum absolute atomic E-state index is 10.4. The van der Waals surface area contributed by atoms with Crippen molar-refractivity contribution in [1.29, 1.82) is 0 Å². The Morgan fingerprint density at radius 1 is 1.35 bits per heavy atom. The molecule has 1 aliphatic rings. The Kier molecular flexibility index (Phi) is 4.08. The fourth-order valence-electron chi connectivity index (χ4n) is 1.85. The van der Waals surface area contributed by atoms with Crippen LogP contribution >= 0.6 is 0 Å². The molecule has 17 heavy (non-hydrogen) atoms. The zero-order valence-corrected chi connectivity index (χ0v) is 9.59. The van der Waals surface area contributed by atoms with Crippen LogP contribution in [0.1, 0.15) is 37.5 Å². The van der Waals surface area contributed by atoms with E-state index in [0.29, 0.717) is 18.2 Å². The Morgan fingerprint density at radius 2 is 2.18 bits per heavy atom. The number of carboxylic acids is 1. The van der Waals surface area contributed by atoms with E-state index in [9.17, 15) is 4.79 Å². The summed E-state index contributed by atoms with van der Waals surface area (Å²) in [7, 11) is 0. The normalized spacial score (nSPS) is 20.4. The van der Waals surface area contributed by atoms with Gasteiger partial charge in [0, 0.05) is 13.0 Å². The number of carbonyl (C=O) groups is 1. The summed E-state index contributed by atoms with van der Waals surface area (Å²) in [4.78, 5) is 10.4. The molecule has 1 aliphatic heterocycles. The molecule has 2 heterocycles. The summed E-state index contributed by atoms with van der Waals surface area (Å²) >= 11 is 0. The van der Waals surface area contributed by atoms with E-state index in [-0.39, 0.29) is 18.9 Å². The fraction of sp³-hybridized carbons (Fsp3) is 0.727. The zero-order valence-electron chi connectivity index (χ0n) is 9.59. The number of carboxylic acid groups (broad SMARTS) is 1. The van der Waals surface area contributed by atoms with Crippen LogP contribution in [0.3, 0.4) is 0 Å². The standard InChI is InChI=1S/C11H16N2O4/c14-11(15)5-4-9-12-13-10(17-9)7-8-3-1-2-6-16-8/h8H,1-7H2,(H,14,15). The Bertz CT molecular complexity index is 371. The van der Waals surface area contributed by atoms with E-state index in [0.717, 1.165) is 19.4 Å². The molecule has 1 N–H and O–H groups in total. The van der Waals surface area contributed by atoms with E-state index in [4.69, 9.17) is 14.3 Å². The highest BCUT2D eigenvalue weighted by Crippen LogP contribution is 2.16. The molecule has 0 aromatic carbocycles. The number of hydrogen-bond donors (Lipinski definition) is 1. The van der Waals surface area contributed by atoms with Crippen LogP contribution in [-0.2, 0) is 22.4 Å². The molecule has 1 atom stereocenters. The molecule has 1 aromatic heterocycles. The monoisotopic (exact) mass is 240 g/mol. The lowest BCUT2D eigenvalue weighted by Crippen LogP contribution is -2.21. The third-order valence-electron chi connectivity index (χ3n) is 2.74.